The number of nitrogens with one attached hydrogen (secondary N) is 1. The van der Waals surface area contributed by atoms with Crippen molar-refractivity contribution in [2.24, 2.45) is 11.8 Å². The molecule has 0 saturated carbocycles. The van der Waals surface area contributed by atoms with Crippen LogP contribution in [-0.4, -0.2) is 6.21 Å². The highest BCUT2D eigenvalue weighted by Crippen LogP contribution is 2.14. The van der Waals surface area contributed by atoms with Crippen LogP contribution < -0.4 is 0 Å². The zero-order valence-electron chi connectivity index (χ0n) is 8.06. The quantitative estimate of drug-likeness (QED) is 0.568. The lowest BCUT2D eigenvalue weighted by molar-refractivity contribution is 0.479. The fourth-order valence-electron chi connectivity index (χ4n) is 1.23. The van der Waals surface area contributed by atoms with E-state index in [1.165, 1.54) is 25.7 Å². The van der Waals surface area contributed by atoms with Crippen molar-refractivity contribution in [2.75, 3.05) is 0 Å². The molecule has 0 amide bonds. The molecule has 0 spiro atoms. The highest BCUT2D eigenvalue weighted by Gasteiger charge is 2.04. The highest BCUT2D eigenvalue weighted by molar-refractivity contribution is 5.56. The van der Waals surface area contributed by atoms with Crippen molar-refractivity contribution < 1.29 is 0 Å². The van der Waals surface area contributed by atoms with E-state index in [0.717, 1.165) is 5.92 Å². The molecule has 0 aromatic carbocycles. The van der Waals surface area contributed by atoms with E-state index in [4.69, 9.17) is 5.41 Å². The molecule has 0 rings (SSSR count). The first kappa shape index (κ1) is 10.7. The zero-order chi connectivity index (χ0) is 8.69. The first-order valence-electron chi connectivity index (χ1n) is 4.71. The molecule has 1 unspecified atom stereocenters. The van der Waals surface area contributed by atoms with E-state index in [-0.39, 0.29) is 0 Å². The Morgan fingerprint density at radius 2 is 1.82 bits per heavy atom. The molecule has 1 atom stereocenters. The molecular formula is C10H21N. The van der Waals surface area contributed by atoms with E-state index in [0.29, 0.717) is 5.92 Å². The van der Waals surface area contributed by atoms with E-state index in [1.807, 2.05) is 0 Å². The van der Waals surface area contributed by atoms with Crippen molar-refractivity contribution in [3.05, 3.63) is 0 Å². The number of hydrogen-bond acceptors (Lipinski definition) is 1. The van der Waals surface area contributed by atoms with Crippen LogP contribution in [-0.2, 0) is 0 Å². The van der Waals surface area contributed by atoms with Gasteiger partial charge in [0, 0.05) is 0 Å². The Bertz CT molecular complexity index is 97.0. The minimum atomic E-state index is 0.544. The Kier molecular flexibility index (Phi) is 6.19. The Morgan fingerprint density at radius 1 is 1.18 bits per heavy atom. The van der Waals surface area contributed by atoms with Gasteiger partial charge in [0.25, 0.3) is 0 Å². The van der Waals surface area contributed by atoms with Gasteiger partial charge in [-0.3, -0.25) is 0 Å². The molecule has 0 bridgehead atoms. The standard InChI is InChI=1S/C10H21N/c1-4-5-10(8-11)7-6-9(2)3/h8-11H,4-7H2,1-3H3. The third kappa shape index (κ3) is 6.08. The van der Waals surface area contributed by atoms with E-state index in [1.54, 1.807) is 6.21 Å². The summed E-state index contributed by atoms with van der Waals surface area (Å²) in [6.07, 6.45) is 6.48. The third-order valence-corrected chi connectivity index (χ3v) is 2.01. The number of rotatable bonds is 6. The summed E-state index contributed by atoms with van der Waals surface area (Å²) in [4.78, 5) is 0. The maximum atomic E-state index is 7.18. The van der Waals surface area contributed by atoms with Gasteiger partial charge in [-0.2, -0.15) is 0 Å². The summed E-state index contributed by atoms with van der Waals surface area (Å²) in [6, 6.07) is 0. The van der Waals surface area contributed by atoms with Gasteiger partial charge in [0.2, 0.25) is 0 Å². The van der Waals surface area contributed by atoms with Gasteiger partial charge >= 0.3 is 0 Å². The second kappa shape index (κ2) is 6.38. The normalized spacial score (nSPS) is 13.5. The SMILES string of the molecule is CCCC(C=N)CCC(C)C. The molecule has 0 saturated heterocycles. The Balaban J connectivity index is 3.43. The van der Waals surface area contributed by atoms with E-state index < -0.39 is 0 Å². The first-order chi connectivity index (χ1) is 5.20. The summed E-state index contributed by atoms with van der Waals surface area (Å²) in [5.74, 6) is 1.33. The maximum absolute atomic E-state index is 7.18. The predicted molar refractivity (Wildman–Crippen MR) is 51.3 cm³/mol. The lowest BCUT2D eigenvalue weighted by Crippen LogP contribution is -2.02. The minimum Gasteiger partial charge on any atom is -0.313 e. The van der Waals surface area contributed by atoms with E-state index >= 15 is 0 Å². The molecular weight excluding hydrogens is 134 g/mol. The van der Waals surface area contributed by atoms with Gasteiger partial charge in [0.15, 0.2) is 0 Å². The van der Waals surface area contributed by atoms with Crippen molar-refractivity contribution in [1.82, 2.24) is 0 Å². The zero-order valence-corrected chi connectivity index (χ0v) is 8.06. The van der Waals surface area contributed by atoms with Crippen molar-refractivity contribution in [1.29, 1.82) is 5.41 Å². The van der Waals surface area contributed by atoms with Crippen LogP contribution in [0.2, 0.25) is 0 Å². The Morgan fingerprint density at radius 3 is 2.18 bits per heavy atom. The van der Waals surface area contributed by atoms with Crippen LogP contribution in [0.25, 0.3) is 0 Å². The molecule has 0 aliphatic rings. The highest BCUT2D eigenvalue weighted by atomic mass is 14.3. The molecule has 0 heterocycles. The molecule has 1 nitrogen and oxygen atoms in total. The van der Waals surface area contributed by atoms with Crippen LogP contribution in [0.15, 0.2) is 0 Å². The summed E-state index contributed by atoms with van der Waals surface area (Å²) in [5.41, 5.74) is 0. The second-order valence-corrected chi connectivity index (χ2v) is 3.69. The predicted octanol–water partition coefficient (Wildman–Crippen LogP) is 3.49. The lowest BCUT2D eigenvalue weighted by atomic mass is 9.95. The summed E-state index contributed by atoms with van der Waals surface area (Å²) < 4.78 is 0. The molecule has 0 aromatic heterocycles. The fraction of sp³-hybridized carbons (Fsp3) is 0.900. The third-order valence-electron chi connectivity index (χ3n) is 2.01. The van der Waals surface area contributed by atoms with Gasteiger partial charge in [-0.25, -0.2) is 0 Å². The van der Waals surface area contributed by atoms with Crippen LogP contribution >= 0.6 is 0 Å². The van der Waals surface area contributed by atoms with Gasteiger partial charge in [0.1, 0.15) is 0 Å². The van der Waals surface area contributed by atoms with Gasteiger partial charge in [-0.15, -0.1) is 0 Å². The molecule has 0 aromatic rings. The van der Waals surface area contributed by atoms with Crippen molar-refractivity contribution in [3.8, 4) is 0 Å². The van der Waals surface area contributed by atoms with Gasteiger partial charge in [-0.1, -0.05) is 33.6 Å². The van der Waals surface area contributed by atoms with Gasteiger partial charge in [-0.05, 0) is 30.9 Å². The largest absolute Gasteiger partial charge is 0.313 e. The van der Waals surface area contributed by atoms with Crippen molar-refractivity contribution >= 4 is 6.21 Å². The monoisotopic (exact) mass is 155 g/mol. The van der Waals surface area contributed by atoms with Crippen LogP contribution in [0.1, 0.15) is 46.5 Å². The molecule has 0 aliphatic heterocycles. The summed E-state index contributed by atoms with van der Waals surface area (Å²) in [5, 5.41) is 7.18. The van der Waals surface area contributed by atoms with E-state index in [9.17, 15) is 0 Å². The molecule has 66 valence electrons. The van der Waals surface area contributed by atoms with Crippen LogP contribution in [0.5, 0.6) is 0 Å². The first-order valence-corrected chi connectivity index (χ1v) is 4.71. The fourth-order valence-corrected chi connectivity index (χ4v) is 1.23. The average Bonchev–Trinajstić information content (AvgIpc) is 1.97. The molecule has 0 fully saturated rings. The topological polar surface area (TPSA) is 23.9 Å². The van der Waals surface area contributed by atoms with Crippen LogP contribution in [0.3, 0.4) is 0 Å². The summed E-state index contributed by atoms with van der Waals surface area (Å²) in [6.45, 7) is 6.67. The molecule has 0 radical (unpaired) electrons. The lowest BCUT2D eigenvalue weighted by Gasteiger charge is -2.11. The molecule has 0 aliphatic carbocycles. The van der Waals surface area contributed by atoms with Crippen LogP contribution in [0, 0.1) is 17.2 Å². The molecule has 11 heavy (non-hydrogen) atoms. The smallest absolute Gasteiger partial charge is 0.00167 e. The summed E-state index contributed by atoms with van der Waals surface area (Å²) >= 11 is 0. The summed E-state index contributed by atoms with van der Waals surface area (Å²) in [7, 11) is 0. The maximum Gasteiger partial charge on any atom is -0.00167 e. The average molecular weight is 155 g/mol. The number of hydrogen-bond donors (Lipinski definition) is 1. The minimum absolute atomic E-state index is 0.544. The Hall–Kier alpha value is -0.330. The van der Waals surface area contributed by atoms with Gasteiger partial charge in [0.05, 0.1) is 0 Å². The second-order valence-electron chi connectivity index (χ2n) is 3.69. The Labute approximate surface area is 70.7 Å². The van der Waals surface area contributed by atoms with Crippen molar-refractivity contribution in [3.63, 3.8) is 0 Å². The molecule has 1 heteroatoms. The molecule has 1 N–H and O–H groups in total. The van der Waals surface area contributed by atoms with Crippen LogP contribution in [0.4, 0.5) is 0 Å². The van der Waals surface area contributed by atoms with Gasteiger partial charge < -0.3 is 5.41 Å². The van der Waals surface area contributed by atoms with Crippen molar-refractivity contribution in [2.45, 2.75) is 46.5 Å². The van der Waals surface area contributed by atoms with E-state index in [2.05, 4.69) is 20.8 Å².